The molecule has 5 nitrogen and oxygen atoms in total. The quantitative estimate of drug-likeness (QED) is 0.879. The molecule has 1 heterocycles. The summed E-state index contributed by atoms with van der Waals surface area (Å²) >= 11 is 0. The van der Waals surface area contributed by atoms with Crippen molar-refractivity contribution in [3.63, 3.8) is 0 Å². The maximum atomic E-state index is 12.5. The second-order valence-electron chi connectivity index (χ2n) is 7.68. The van der Waals surface area contributed by atoms with Gasteiger partial charge in [-0.3, -0.25) is 9.69 Å². The minimum Gasteiger partial charge on any atom is -0.373 e. The van der Waals surface area contributed by atoms with Gasteiger partial charge in [-0.2, -0.15) is 0 Å². The second kappa shape index (κ2) is 8.30. The predicted octanol–water partition coefficient (Wildman–Crippen LogP) is 2.30. The van der Waals surface area contributed by atoms with Crippen LogP contribution in [0.2, 0.25) is 0 Å². The molecule has 4 atom stereocenters. The molecule has 1 aliphatic carbocycles. The smallest absolute Gasteiger partial charge is 0.251 e. The number of hydrogen-bond donors (Lipinski definition) is 2. The molecule has 138 valence electrons. The van der Waals surface area contributed by atoms with E-state index >= 15 is 0 Å². The highest BCUT2D eigenvalue weighted by Crippen LogP contribution is 2.18. The molecule has 1 amide bonds. The third-order valence-corrected chi connectivity index (χ3v) is 5.25. The van der Waals surface area contributed by atoms with E-state index in [0.717, 1.165) is 38.9 Å². The van der Waals surface area contributed by atoms with E-state index in [1.165, 1.54) is 12.0 Å². The molecule has 0 bridgehead atoms. The Morgan fingerprint density at radius 3 is 2.44 bits per heavy atom. The summed E-state index contributed by atoms with van der Waals surface area (Å²) in [6, 6.07) is 8.15. The van der Waals surface area contributed by atoms with Gasteiger partial charge in [0.05, 0.1) is 12.2 Å². The van der Waals surface area contributed by atoms with Gasteiger partial charge in [0.15, 0.2) is 0 Å². The van der Waals surface area contributed by atoms with Crippen LogP contribution in [0.25, 0.3) is 0 Å². The number of nitrogens with two attached hydrogens (primary N) is 1. The van der Waals surface area contributed by atoms with Gasteiger partial charge in [0.25, 0.3) is 5.91 Å². The van der Waals surface area contributed by atoms with Crippen molar-refractivity contribution in [1.82, 2.24) is 10.2 Å². The highest BCUT2D eigenvalue weighted by atomic mass is 16.5. The molecule has 0 radical (unpaired) electrons. The number of nitrogens with one attached hydrogen (secondary N) is 1. The Morgan fingerprint density at radius 1 is 1.16 bits per heavy atom. The first-order valence-corrected chi connectivity index (χ1v) is 9.54. The Kier molecular flexibility index (Phi) is 6.10. The highest BCUT2D eigenvalue weighted by Gasteiger charge is 2.24. The molecular weight excluding hydrogens is 314 g/mol. The van der Waals surface area contributed by atoms with E-state index in [2.05, 4.69) is 36.2 Å². The topological polar surface area (TPSA) is 67.6 Å². The van der Waals surface area contributed by atoms with Crippen LogP contribution in [0.4, 0.5) is 0 Å². The lowest BCUT2D eigenvalue weighted by Crippen LogP contribution is -2.49. The first-order valence-electron chi connectivity index (χ1n) is 9.54. The van der Waals surface area contributed by atoms with Gasteiger partial charge in [-0.05, 0) is 44.4 Å². The molecule has 1 saturated heterocycles. The van der Waals surface area contributed by atoms with Gasteiger partial charge in [0.2, 0.25) is 0 Å². The molecule has 2 fully saturated rings. The Labute approximate surface area is 150 Å². The summed E-state index contributed by atoms with van der Waals surface area (Å²) in [5.41, 5.74) is 8.07. The summed E-state index contributed by atoms with van der Waals surface area (Å²) < 4.78 is 5.78. The lowest BCUT2D eigenvalue weighted by atomic mass is 9.91. The molecule has 1 aliphatic heterocycles. The minimum atomic E-state index is -0.0116. The molecule has 0 aromatic heterocycles. The van der Waals surface area contributed by atoms with Crippen LogP contribution in [0.3, 0.4) is 0 Å². The number of morpholine rings is 1. The number of benzene rings is 1. The van der Waals surface area contributed by atoms with Crippen LogP contribution in [-0.2, 0) is 11.3 Å². The first-order chi connectivity index (χ1) is 12.0. The van der Waals surface area contributed by atoms with Crippen molar-refractivity contribution in [3.8, 4) is 0 Å². The monoisotopic (exact) mass is 345 g/mol. The van der Waals surface area contributed by atoms with Gasteiger partial charge in [0, 0.05) is 37.3 Å². The van der Waals surface area contributed by atoms with Crippen LogP contribution in [0, 0.1) is 0 Å². The van der Waals surface area contributed by atoms with Crippen molar-refractivity contribution in [1.29, 1.82) is 0 Å². The van der Waals surface area contributed by atoms with Crippen molar-refractivity contribution >= 4 is 5.91 Å². The van der Waals surface area contributed by atoms with Gasteiger partial charge < -0.3 is 15.8 Å². The fraction of sp³-hybridized carbons (Fsp3) is 0.650. The summed E-state index contributed by atoms with van der Waals surface area (Å²) in [5, 5.41) is 3.11. The van der Waals surface area contributed by atoms with Crippen molar-refractivity contribution in [2.75, 3.05) is 13.1 Å². The second-order valence-corrected chi connectivity index (χ2v) is 7.68. The molecule has 5 heteroatoms. The average Bonchev–Trinajstić information content (AvgIpc) is 2.56. The van der Waals surface area contributed by atoms with Crippen LogP contribution >= 0.6 is 0 Å². The summed E-state index contributed by atoms with van der Waals surface area (Å²) in [6.07, 6.45) is 4.84. The van der Waals surface area contributed by atoms with Gasteiger partial charge in [0.1, 0.15) is 0 Å². The average molecular weight is 345 g/mol. The van der Waals surface area contributed by atoms with E-state index in [4.69, 9.17) is 10.5 Å². The molecule has 1 aromatic rings. The van der Waals surface area contributed by atoms with Gasteiger partial charge in [-0.1, -0.05) is 25.0 Å². The zero-order chi connectivity index (χ0) is 17.8. The molecule has 0 spiro atoms. The van der Waals surface area contributed by atoms with Crippen LogP contribution < -0.4 is 11.1 Å². The van der Waals surface area contributed by atoms with Gasteiger partial charge in [-0.15, -0.1) is 0 Å². The zero-order valence-electron chi connectivity index (χ0n) is 15.4. The molecule has 2 unspecified atom stereocenters. The number of ether oxygens (including phenoxy) is 1. The van der Waals surface area contributed by atoms with Crippen LogP contribution in [-0.4, -0.2) is 48.2 Å². The number of carbonyl (C=O) groups is 1. The molecule has 3 rings (SSSR count). The Morgan fingerprint density at radius 2 is 1.80 bits per heavy atom. The van der Waals surface area contributed by atoms with E-state index in [1.807, 2.05) is 12.1 Å². The third kappa shape index (κ3) is 5.03. The molecule has 3 N–H and O–H groups in total. The van der Waals surface area contributed by atoms with E-state index < -0.39 is 0 Å². The van der Waals surface area contributed by atoms with Crippen molar-refractivity contribution in [2.45, 2.75) is 70.4 Å². The fourth-order valence-corrected chi connectivity index (χ4v) is 4.02. The van der Waals surface area contributed by atoms with Crippen molar-refractivity contribution in [3.05, 3.63) is 35.4 Å². The lowest BCUT2D eigenvalue weighted by molar-refractivity contribution is -0.0704. The molecule has 2 aliphatic rings. The Bertz CT molecular complexity index is 565. The number of hydrogen-bond acceptors (Lipinski definition) is 4. The molecule has 1 saturated carbocycles. The summed E-state index contributed by atoms with van der Waals surface area (Å²) in [7, 11) is 0. The number of amides is 1. The Hall–Kier alpha value is -1.43. The number of nitrogens with zero attached hydrogens (tertiary/aromatic N) is 1. The van der Waals surface area contributed by atoms with E-state index in [0.29, 0.717) is 5.56 Å². The van der Waals surface area contributed by atoms with E-state index in [-0.39, 0.29) is 30.2 Å². The van der Waals surface area contributed by atoms with Crippen molar-refractivity contribution in [2.24, 2.45) is 5.73 Å². The molecular formula is C20H31N3O2. The standard InChI is InChI=1S/C20H31N3O2/c1-14-11-23(12-15(2)25-14)13-16-7-9-17(10-8-16)20(24)22-19-6-4-3-5-18(19)21/h7-10,14-15,18-19H,3-6,11-13,21H2,1-2H3,(H,22,24)/t14?,15?,18-,19-/m1/s1. The van der Waals surface area contributed by atoms with Crippen LogP contribution in [0.15, 0.2) is 24.3 Å². The van der Waals surface area contributed by atoms with E-state index in [9.17, 15) is 4.79 Å². The summed E-state index contributed by atoms with van der Waals surface area (Å²) in [6.45, 7) is 7.03. The number of rotatable bonds is 4. The van der Waals surface area contributed by atoms with Crippen LogP contribution in [0.1, 0.15) is 55.5 Å². The normalized spacial score (nSPS) is 30.8. The third-order valence-electron chi connectivity index (χ3n) is 5.25. The predicted molar refractivity (Wildman–Crippen MR) is 99.4 cm³/mol. The Balaban J connectivity index is 1.55. The van der Waals surface area contributed by atoms with Gasteiger partial charge in [-0.25, -0.2) is 0 Å². The maximum absolute atomic E-state index is 12.5. The molecule has 25 heavy (non-hydrogen) atoms. The summed E-state index contributed by atoms with van der Waals surface area (Å²) in [5.74, 6) is -0.0116. The van der Waals surface area contributed by atoms with Crippen LogP contribution in [0.5, 0.6) is 0 Å². The lowest BCUT2D eigenvalue weighted by Gasteiger charge is -2.35. The zero-order valence-corrected chi connectivity index (χ0v) is 15.4. The highest BCUT2D eigenvalue weighted by molar-refractivity contribution is 5.94. The summed E-state index contributed by atoms with van der Waals surface area (Å²) in [4.78, 5) is 14.9. The molecule has 1 aromatic carbocycles. The number of carbonyl (C=O) groups excluding carboxylic acids is 1. The first kappa shape index (κ1) is 18.4. The largest absolute Gasteiger partial charge is 0.373 e. The van der Waals surface area contributed by atoms with Gasteiger partial charge >= 0.3 is 0 Å². The minimum absolute atomic E-state index is 0.0116. The SMILES string of the molecule is CC1CN(Cc2ccc(C(=O)N[C@@H]3CCCC[C@H]3N)cc2)CC(C)O1. The van der Waals surface area contributed by atoms with Crippen molar-refractivity contribution < 1.29 is 9.53 Å². The van der Waals surface area contributed by atoms with E-state index in [1.54, 1.807) is 0 Å². The fourth-order valence-electron chi connectivity index (χ4n) is 4.02. The maximum Gasteiger partial charge on any atom is 0.251 e.